The van der Waals surface area contributed by atoms with Gasteiger partial charge in [0.1, 0.15) is 11.6 Å². The van der Waals surface area contributed by atoms with Gasteiger partial charge in [-0.05, 0) is 48.9 Å². The average molecular weight is 351 g/mol. The molecule has 128 valence electrons. The summed E-state index contributed by atoms with van der Waals surface area (Å²) in [6.07, 6.45) is 1.14. The minimum Gasteiger partial charge on any atom is -0.484 e. The molecule has 24 heavy (non-hydrogen) atoms. The van der Waals surface area contributed by atoms with E-state index in [4.69, 9.17) is 4.74 Å². The highest BCUT2D eigenvalue weighted by atomic mass is 32.2. The fourth-order valence-electron chi connectivity index (χ4n) is 2.05. The minimum absolute atomic E-state index is 0.197. The lowest BCUT2D eigenvalue weighted by atomic mass is 10.1. The highest BCUT2D eigenvalue weighted by molar-refractivity contribution is 7.90. The van der Waals surface area contributed by atoms with Gasteiger partial charge >= 0.3 is 0 Å². The Hall–Kier alpha value is -2.41. The molecule has 2 aromatic rings. The van der Waals surface area contributed by atoms with Crippen LogP contribution >= 0.6 is 0 Å². The average Bonchev–Trinajstić information content (AvgIpc) is 2.53. The van der Waals surface area contributed by atoms with E-state index in [1.54, 1.807) is 19.1 Å². The van der Waals surface area contributed by atoms with Crippen molar-refractivity contribution in [3.8, 4) is 5.75 Å². The van der Waals surface area contributed by atoms with Gasteiger partial charge in [0.15, 0.2) is 16.4 Å². The smallest absolute Gasteiger partial charge is 0.258 e. The molecular formula is C17H18FNO4S. The number of hydrogen-bond donors (Lipinski definition) is 1. The van der Waals surface area contributed by atoms with Crippen molar-refractivity contribution in [2.75, 3.05) is 12.9 Å². The molecule has 0 heterocycles. The van der Waals surface area contributed by atoms with Crippen LogP contribution in [0.25, 0.3) is 0 Å². The van der Waals surface area contributed by atoms with Crippen molar-refractivity contribution in [2.24, 2.45) is 0 Å². The van der Waals surface area contributed by atoms with E-state index in [9.17, 15) is 17.6 Å². The number of nitrogens with one attached hydrogen (secondary N) is 1. The molecule has 0 spiro atoms. The van der Waals surface area contributed by atoms with Crippen molar-refractivity contribution < 1.29 is 22.3 Å². The van der Waals surface area contributed by atoms with Crippen molar-refractivity contribution in [3.63, 3.8) is 0 Å². The van der Waals surface area contributed by atoms with Crippen molar-refractivity contribution >= 4 is 15.7 Å². The van der Waals surface area contributed by atoms with Crippen LogP contribution in [0.2, 0.25) is 0 Å². The Morgan fingerprint density at radius 1 is 1.12 bits per heavy atom. The standard InChI is InChI=1S/C17H18FNO4S/c1-12(13-3-9-16(10-4-13)24(2,21)22)19-17(20)11-23-15-7-5-14(18)6-8-15/h3-10,12H,11H2,1-2H3,(H,19,20)/t12-/m0/s1. The largest absolute Gasteiger partial charge is 0.484 e. The molecule has 0 aliphatic heterocycles. The van der Waals surface area contributed by atoms with Crippen molar-refractivity contribution in [3.05, 3.63) is 59.9 Å². The highest BCUT2D eigenvalue weighted by Gasteiger charge is 2.12. The Morgan fingerprint density at radius 3 is 2.25 bits per heavy atom. The number of benzene rings is 2. The second kappa shape index (κ2) is 7.44. The number of halogens is 1. The van der Waals surface area contributed by atoms with Gasteiger partial charge in [0.2, 0.25) is 0 Å². The normalized spacial score (nSPS) is 12.5. The van der Waals surface area contributed by atoms with Crippen molar-refractivity contribution in [1.82, 2.24) is 5.32 Å². The van der Waals surface area contributed by atoms with Gasteiger partial charge in [-0.15, -0.1) is 0 Å². The molecule has 2 rings (SSSR count). The number of amides is 1. The van der Waals surface area contributed by atoms with Gasteiger partial charge in [-0.1, -0.05) is 12.1 Å². The summed E-state index contributed by atoms with van der Waals surface area (Å²) in [4.78, 5) is 12.1. The minimum atomic E-state index is -3.24. The van der Waals surface area contributed by atoms with E-state index >= 15 is 0 Å². The number of hydrogen-bond acceptors (Lipinski definition) is 4. The van der Waals surface area contributed by atoms with E-state index in [1.807, 2.05) is 0 Å². The maximum absolute atomic E-state index is 12.8. The molecule has 0 unspecified atom stereocenters. The third-order valence-electron chi connectivity index (χ3n) is 3.37. The zero-order valence-electron chi connectivity index (χ0n) is 13.3. The third-order valence-corrected chi connectivity index (χ3v) is 4.50. The molecule has 5 nitrogen and oxygen atoms in total. The number of carbonyl (C=O) groups excluding carboxylic acids is 1. The Balaban J connectivity index is 1.90. The van der Waals surface area contributed by atoms with Crippen LogP contribution in [0.3, 0.4) is 0 Å². The van der Waals surface area contributed by atoms with Crippen LogP contribution in [0.5, 0.6) is 5.75 Å². The number of rotatable bonds is 6. The molecule has 1 amide bonds. The van der Waals surface area contributed by atoms with Gasteiger partial charge in [-0.3, -0.25) is 4.79 Å². The summed E-state index contributed by atoms with van der Waals surface area (Å²) in [5.41, 5.74) is 0.775. The van der Waals surface area contributed by atoms with E-state index in [0.717, 1.165) is 11.8 Å². The molecule has 7 heteroatoms. The summed E-state index contributed by atoms with van der Waals surface area (Å²) in [5, 5.41) is 2.75. The summed E-state index contributed by atoms with van der Waals surface area (Å²) in [6, 6.07) is 11.4. The highest BCUT2D eigenvalue weighted by Crippen LogP contribution is 2.16. The molecule has 1 atom stereocenters. The fourth-order valence-corrected chi connectivity index (χ4v) is 2.68. The topological polar surface area (TPSA) is 72.5 Å². The summed E-state index contributed by atoms with van der Waals surface area (Å²) >= 11 is 0. The van der Waals surface area contributed by atoms with Crippen molar-refractivity contribution in [1.29, 1.82) is 0 Å². The van der Waals surface area contributed by atoms with Gasteiger partial charge in [0, 0.05) is 6.26 Å². The van der Waals surface area contributed by atoms with Crippen LogP contribution < -0.4 is 10.1 Å². The number of sulfone groups is 1. The molecule has 0 saturated heterocycles. The van der Waals surface area contributed by atoms with Crippen LogP contribution in [0.15, 0.2) is 53.4 Å². The summed E-state index contributed by atoms with van der Waals surface area (Å²) in [5.74, 6) is -0.311. The van der Waals surface area contributed by atoms with Gasteiger partial charge in [0.25, 0.3) is 5.91 Å². The molecule has 0 aliphatic rings. The zero-order chi connectivity index (χ0) is 17.7. The van der Waals surface area contributed by atoms with Crippen LogP contribution in [0.4, 0.5) is 4.39 Å². The Bertz CT molecular complexity index is 801. The van der Waals surface area contributed by atoms with E-state index in [2.05, 4.69) is 5.32 Å². The van der Waals surface area contributed by atoms with E-state index < -0.39 is 9.84 Å². The fraction of sp³-hybridized carbons (Fsp3) is 0.235. The summed E-state index contributed by atoms with van der Waals surface area (Å²) in [6.45, 7) is 1.59. The first-order chi connectivity index (χ1) is 11.3. The number of carbonyl (C=O) groups is 1. The van der Waals surface area contributed by atoms with Gasteiger partial charge in [0.05, 0.1) is 10.9 Å². The molecule has 1 N–H and O–H groups in total. The van der Waals surface area contributed by atoms with E-state index in [0.29, 0.717) is 5.75 Å². The Kier molecular flexibility index (Phi) is 5.56. The molecular weight excluding hydrogens is 333 g/mol. The summed E-state index contributed by atoms with van der Waals surface area (Å²) in [7, 11) is -3.24. The van der Waals surface area contributed by atoms with Gasteiger partial charge in [-0.2, -0.15) is 0 Å². The van der Waals surface area contributed by atoms with E-state index in [-0.39, 0.29) is 29.3 Å². The van der Waals surface area contributed by atoms with Gasteiger partial charge in [-0.25, -0.2) is 12.8 Å². The lowest BCUT2D eigenvalue weighted by Crippen LogP contribution is -2.31. The Morgan fingerprint density at radius 2 is 1.71 bits per heavy atom. The first-order valence-corrected chi connectivity index (χ1v) is 9.12. The van der Waals surface area contributed by atoms with Crippen LogP contribution in [-0.2, 0) is 14.6 Å². The zero-order valence-corrected chi connectivity index (χ0v) is 14.1. The van der Waals surface area contributed by atoms with E-state index in [1.165, 1.54) is 36.4 Å². The lowest BCUT2D eigenvalue weighted by Gasteiger charge is -2.15. The predicted molar refractivity (Wildman–Crippen MR) is 88.0 cm³/mol. The van der Waals surface area contributed by atoms with Crippen molar-refractivity contribution in [2.45, 2.75) is 17.9 Å². The maximum Gasteiger partial charge on any atom is 0.258 e. The molecule has 2 aromatic carbocycles. The maximum atomic E-state index is 12.8. The second-order valence-electron chi connectivity index (χ2n) is 5.37. The SMILES string of the molecule is C[C@H](NC(=O)COc1ccc(F)cc1)c1ccc(S(C)(=O)=O)cc1. The lowest BCUT2D eigenvalue weighted by molar-refractivity contribution is -0.123. The van der Waals surface area contributed by atoms with Crippen LogP contribution in [-0.4, -0.2) is 27.2 Å². The molecule has 0 radical (unpaired) electrons. The first-order valence-electron chi connectivity index (χ1n) is 7.23. The predicted octanol–water partition coefficient (Wildman–Crippen LogP) is 2.49. The summed E-state index contributed by atoms with van der Waals surface area (Å²) < 4.78 is 40.9. The molecule has 0 fully saturated rings. The molecule has 0 aliphatic carbocycles. The molecule has 0 saturated carbocycles. The van der Waals surface area contributed by atoms with Crippen LogP contribution in [0, 0.1) is 5.82 Å². The third kappa shape index (κ3) is 5.06. The van der Waals surface area contributed by atoms with Crippen LogP contribution in [0.1, 0.15) is 18.5 Å². The quantitative estimate of drug-likeness (QED) is 0.868. The molecule has 0 bridgehead atoms. The second-order valence-corrected chi connectivity index (χ2v) is 7.39. The van der Waals surface area contributed by atoms with Gasteiger partial charge < -0.3 is 10.1 Å². The monoisotopic (exact) mass is 351 g/mol. The first kappa shape index (κ1) is 17.9. The molecule has 0 aromatic heterocycles. The number of ether oxygens (including phenoxy) is 1. The Labute approximate surface area is 140 Å².